The molecule has 3 amide bonds. The van der Waals surface area contributed by atoms with Crippen molar-refractivity contribution >= 4 is 58.3 Å². The quantitative estimate of drug-likeness (QED) is 0.684. The van der Waals surface area contributed by atoms with E-state index in [9.17, 15) is 9.59 Å². The number of carbonyl (C=O) groups is 2. The first-order chi connectivity index (χ1) is 14.4. The summed E-state index contributed by atoms with van der Waals surface area (Å²) in [5.74, 6) is 1.28. The predicted octanol–water partition coefficient (Wildman–Crippen LogP) is 5.11. The molecule has 2 aliphatic rings. The summed E-state index contributed by atoms with van der Waals surface area (Å²) in [4.78, 5) is 28.7. The minimum absolute atomic E-state index is 0.0915. The van der Waals surface area contributed by atoms with E-state index in [-0.39, 0.29) is 16.8 Å². The minimum Gasteiger partial charge on any atom is -0.497 e. The Morgan fingerprint density at radius 2 is 1.83 bits per heavy atom. The molecule has 2 aromatic carbocycles. The minimum atomic E-state index is -0.337. The molecular formula is C21H21Cl2N3O3S. The molecular weight excluding hydrogens is 445 g/mol. The fourth-order valence-corrected chi connectivity index (χ4v) is 5.56. The summed E-state index contributed by atoms with van der Waals surface area (Å²) in [5.41, 5.74) is 1.34. The lowest BCUT2D eigenvalue weighted by molar-refractivity contribution is -0.116. The first-order valence-electron chi connectivity index (χ1n) is 9.54. The first-order valence-corrected chi connectivity index (χ1v) is 11.3. The maximum Gasteiger partial charge on any atom is 0.321 e. The van der Waals surface area contributed by atoms with E-state index in [0.29, 0.717) is 47.4 Å². The van der Waals surface area contributed by atoms with Crippen molar-refractivity contribution in [3.05, 3.63) is 52.5 Å². The van der Waals surface area contributed by atoms with Crippen molar-refractivity contribution in [2.75, 3.05) is 36.2 Å². The van der Waals surface area contributed by atoms with E-state index in [2.05, 4.69) is 5.32 Å². The molecule has 0 unspecified atom stereocenters. The molecule has 2 aromatic rings. The molecule has 2 fully saturated rings. The smallest absolute Gasteiger partial charge is 0.321 e. The Morgan fingerprint density at radius 3 is 2.50 bits per heavy atom. The van der Waals surface area contributed by atoms with Gasteiger partial charge in [-0.3, -0.25) is 9.69 Å². The summed E-state index contributed by atoms with van der Waals surface area (Å²) >= 11 is 13.9. The SMILES string of the molecule is COc1ccc(N2C(=O)CSC23CCN(C(=O)Nc2cccc(Cl)c2Cl)CC3)cc1. The Morgan fingerprint density at radius 1 is 1.13 bits per heavy atom. The molecule has 158 valence electrons. The van der Waals surface area contributed by atoms with E-state index < -0.39 is 0 Å². The largest absolute Gasteiger partial charge is 0.497 e. The predicted molar refractivity (Wildman–Crippen MR) is 122 cm³/mol. The van der Waals surface area contributed by atoms with Crippen molar-refractivity contribution in [2.24, 2.45) is 0 Å². The van der Waals surface area contributed by atoms with Crippen LogP contribution in [0.25, 0.3) is 0 Å². The maximum atomic E-state index is 12.7. The van der Waals surface area contributed by atoms with Crippen molar-refractivity contribution in [1.29, 1.82) is 0 Å². The molecule has 0 atom stereocenters. The second-order valence-corrected chi connectivity index (χ2v) is 9.30. The fraction of sp³-hybridized carbons (Fsp3) is 0.333. The number of piperidine rings is 1. The lowest BCUT2D eigenvalue weighted by Gasteiger charge is -2.43. The zero-order valence-corrected chi connectivity index (χ0v) is 18.7. The first kappa shape index (κ1) is 21.2. The molecule has 0 bridgehead atoms. The Balaban J connectivity index is 1.46. The van der Waals surface area contributed by atoms with Crippen molar-refractivity contribution in [1.82, 2.24) is 4.90 Å². The number of hydrogen-bond acceptors (Lipinski definition) is 4. The molecule has 4 rings (SSSR count). The van der Waals surface area contributed by atoms with E-state index in [1.807, 2.05) is 29.2 Å². The second kappa shape index (κ2) is 8.57. The summed E-state index contributed by atoms with van der Waals surface area (Å²) in [6, 6.07) is 12.4. The molecule has 2 aliphatic heterocycles. The van der Waals surface area contributed by atoms with Gasteiger partial charge in [0.2, 0.25) is 5.91 Å². The lowest BCUT2D eigenvalue weighted by atomic mass is 10.0. The van der Waals surface area contributed by atoms with Gasteiger partial charge >= 0.3 is 6.03 Å². The Labute approximate surface area is 189 Å². The zero-order valence-electron chi connectivity index (χ0n) is 16.4. The summed E-state index contributed by atoms with van der Waals surface area (Å²) in [6.45, 7) is 1.08. The van der Waals surface area contributed by atoms with Crippen molar-refractivity contribution < 1.29 is 14.3 Å². The number of thioether (sulfide) groups is 1. The number of hydrogen-bond donors (Lipinski definition) is 1. The molecule has 2 saturated heterocycles. The van der Waals surface area contributed by atoms with Gasteiger partial charge < -0.3 is 15.0 Å². The Kier molecular flexibility index (Phi) is 6.04. The molecule has 1 N–H and O–H groups in total. The van der Waals surface area contributed by atoms with Gasteiger partial charge in [-0.15, -0.1) is 11.8 Å². The van der Waals surface area contributed by atoms with Crippen LogP contribution in [-0.4, -0.2) is 47.7 Å². The second-order valence-electron chi connectivity index (χ2n) is 7.18. The van der Waals surface area contributed by atoms with Crippen LogP contribution >= 0.6 is 35.0 Å². The number of carbonyl (C=O) groups excluding carboxylic acids is 2. The van der Waals surface area contributed by atoms with Crippen LogP contribution in [0.4, 0.5) is 16.2 Å². The topological polar surface area (TPSA) is 61.9 Å². The van der Waals surface area contributed by atoms with E-state index >= 15 is 0 Å². The number of urea groups is 1. The third kappa shape index (κ3) is 3.94. The number of benzene rings is 2. The molecule has 0 saturated carbocycles. The highest BCUT2D eigenvalue weighted by Crippen LogP contribution is 2.47. The average molecular weight is 466 g/mol. The highest BCUT2D eigenvalue weighted by Gasteiger charge is 2.49. The average Bonchev–Trinajstić information content (AvgIpc) is 3.07. The van der Waals surface area contributed by atoms with Crippen LogP contribution in [0.3, 0.4) is 0 Å². The van der Waals surface area contributed by atoms with Crippen molar-refractivity contribution in [3.63, 3.8) is 0 Å². The summed E-state index contributed by atoms with van der Waals surface area (Å²) < 4.78 is 5.22. The van der Waals surface area contributed by atoms with Gasteiger partial charge in [-0.05, 0) is 49.2 Å². The highest BCUT2D eigenvalue weighted by molar-refractivity contribution is 8.02. The zero-order chi connectivity index (χ0) is 21.3. The fourth-order valence-electron chi connectivity index (χ4n) is 3.88. The van der Waals surface area contributed by atoms with E-state index in [0.717, 1.165) is 11.4 Å². The highest BCUT2D eigenvalue weighted by atomic mass is 35.5. The van der Waals surface area contributed by atoms with Crippen LogP contribution in [0.2, 0.25) is 10.0 Å². The van der Waals surface area contributed by atoms with Gasteiger partial charge in [0.05, 0.1) is 33.5 Å². The van der Waals surface area contributed by atoms with Gasteiger partial charge in [0.15, 0.2) is 0 Å². The van der Waals surface area contributed by atoms with Gasteiger partial charge in [-0.1, -0.05) is 29.3 Å². The third-order valence-corrected chi connectivity index (χ3v) is 7.82. The van der Waals surface area contributed by atoms with Crippen molar-refractivity contribution in [2.45, 2.75) is 17.7 Å². The normalized spacial score (nSPS) is 18.0. The van der Waals surface area contributed by atoms with E-state index in [1.165, 1.54) is 0 Å². The molecule has 30 heavy (non-hydrogen) atoms. The van der Waals surface area contributed by atoms with Gasteiger partial charge in [-0.2, -0.15) is 0 Å². The number of nitrogens with one attached hydrogen (secondary N) is 1. The number of ether oxygens (including phenoxy) is 1. The van der Waals surface area contributed by atoms with Crippen LogP contribution < -0.4 is 15.0 Å². The number of nitrogens with zero attached hydrogens (tertiary/aromatic N) is 2. The van der Waals surface area contributed by atoms with Crippen molar-refractivity contribution in [3.8, 4) is 5.75 Å². The van der Waals surface area contributed by atoms with Gasteiger partial charge in [0.1, 0.15) is 5.75 Å². The Bertz CT molecular complexity index is 962. The number of halogens is 2. The number of likely N-dealkylation sites (tertiary alicyclic amines) is 1. The molecule has 1 spiro atoms. The summed E-state index contributed by atoms with van der Waals surface area (Å²) in [7, 11) is 1.62. The molecule has 2 heterocycles. The monoisotopic (exact) mass is 465 g/mol. The Hall–Kier alpha value is -2.09. The maximum absolute atomic E-state index is 12.7. The van der Waals surface area contributed by atoms with Gasteiger partial charge in [0, 0.05) is 18.8 Å². The number of amides is 3. The molecule has 0 aliphatic carbocycles. The number of methoxy groups -OCH3 is 1. The van der Waals surface area contributed by atoms with Crippen LogP contribution in [0.5, 0.6) is 5.75 Å². The molecule has 0 radical (unpaired) electrons. The number of anilines is 2. The van der Waals surface area contributed by atoms with Crippen LogP contribution in [0.15, 0.2) is 42.5 Å². The molecule has 6 nitrogen and oxygen atoms in total. The standard InChI is InChI=1S/C21H21Cl2N3O3S/c1-29-15-7-5-14(6-8-15)26-18(27)13-30-21(26)9-11-25(12-10-21)20(28)24-17-4-2-3-16(22)19(17)23/h2-8H,9-13H2,1H3,(H,24,28). The van der Waals surface area contributed by atoms with E-state index in [4.69, 9.17) is 27.9 Å². The summed E-state index contributed by atoms with van der Waals surface area (Å²) in [5, 5.41) is 3.55. The van der Waals surface area contributed by atoms with Gasteiger partial charge in [-0.25, -0.2) is 4.79 Å². The van der Waals surface area contributed by atoms with Gasteiger partial charge in [0.25, 0.3) is 0 Å². The summed E-state index contributed by atoms with van der Waals surface area (Å²) in [6.07, 6.45) is 1.37. The van der Waals surface area contributed by atoms with E-state index in [1.54, 1.807) is 42.0 Å². The molecule has 9 heteroatoms. The van der Waals surface area contributed by atoms with Crippen LogP contribution in [0, 0.1) is 0 Å². The lowest BCUT2D eigenvalue weighted by Crippen LogP contribution is -2.53. The van der Waals surface area contributed by atoms with Crippen LogP contribution in [0.1, 0.15) is 12.8 Å². The third-order valence-electron chi connectivity index (χ3n) is 5.48. The molecule has 0 aromatic heterocycles. The van der Waals surface area contributed by atoms with Crippen LogP contribution in [-0.2, 0) is 4.79 Å². The number of rotatable bonds is 3.